The summed E-state index contributed by atoms with van der Waals surface area (Å²) in [7, 11) is 0. The average molecular weight is 266 g/mol. The maximum Gasteiger partial charge on any atom is 0.258 e. The van der Waals surface area contributed by atoms with Crippen LogP contribution in [0.15, 0.2) is 24.4 Å². The maximum atomic E-state index is 6.05. The van der Waals surface area contributed by atoms with Gasteiger partial charge in [0.1, 0.15) is 11.9 Å². The Morgan fingerprint density at radius 2 is 2.28 bits per heavy atom. The zero-order valence-corrected chi connectivity index (χ0v) is 10.4. The monoisotopic (exact) mass is 265 g/mol. The molecule has 0 bridgehead atoms. The molecular formula is C12H12ClN3O2. The minimum absolute atomic E-state index is 0.372. The Bertz CT molecular complexity index is 526. The number of nitrogens with zero attached hydrogens (tertiary/aromatic N) is 2. The number of aromatic nitrogens is 3. The molecule has 1 aliphatic rings. The number of rotatable bonds is 5. The van der Waals surface area contributed by atoms with Crippen LogP contribution in [-0.2, 0) is 0 Å². The van der Waals surface area contributed by atoms with E-state index in [1.807, 2.05) is 6.07 Å². The predicted octanol–water partition coefficient (Wildman–Crippen LogP) is 3.04. The lowest BCUT2D eigenvalue weighted by Crippen LogP contribution is -1.99. The molecule has 1 aliphatic carbocycles. The molecule has 0 unspecified atom stereocenters. The van der Waals surface area contributed by atoms with Gasteiger partial charge < -0.3 is 9.47 Å². The highest BCUT2D eigenvalue weighted by molar-refractivity contribution is 6.32. The van der Waals surface area contributed by atoms with Gasteiger partial charge in [0.2, 0.25) is 0 Å². The fraction of sp³-hybridized carbons (Fsp3) is 0.333. The Morgan fingerprint density at radius 1 is 1.39 bits per heavy atom. The van der Waals surface area contributed by atoms with Crippen molar-refractivity contribution in [2.75, 3.05) is 6.61 Å². The Labute approximate surface area is 109 Å². The van der Waals surface area contributed by atoms with E-state index in [4.69, 9.17) is 21.1 Å². The summed E-state index contributed by atoms with van der Waals surface area (Å²) in [5.74, 6) is 2.35. The molecule has 3 rings (SSSR count). The van der Waals surface area contributed by atoms with Gasteiger partial charge in [-0.1, -0.05) is 11.6 Å². The third-order valence-electron chi connectivity index (χ3n) is 2.69. The van der Waals surface area contributed by atoms with E-state index < -0.39 is 0 Å². The van der Waals surface area contributed by atoms with E-state index in [2.05, 4.69) is 15.4 Å². The highest BCUT2D eigenvalue weighted by Crippen LogP contribution is 2.34. The van der Waals surface area contributed by atoms with Crippen LogP contribution in [0.4, 0.5) is 0 Å². The van der Waals surface area contributed by atoms with Crippen molar-refractivity contribution in [1.82, 2.24) is 15.4 Å². The van der Waals surface area contributed by atoms with Gasteiger partial charge in [0.15, 0.2) is 5.75 Å². The first kappa shape index (κ1) is 11.3. The van der Waals surface area contributed by atoms with Crippen LogP contribution >= 0.6 is 11.6 Å². The molecule has 0 atom stereocenters. The average Bonchev–Trinajstić information content (AvgIpc) is 3.07. The van der Waals surface area contributed by atoms with E-state index in [1.54, 1.807) is 12.1 Å². The first-order valence-corrected chi connectivity index (χ1v) is 6.15. The fourth-order valence-electron chi connectivity index (χ4n) is 1.50. The number of H-pyrrole nitrogens is 1. The zero-order chi connectivity index (χ0) is 12.4. The molecule has 0 saturated heterocycles. The standard InChI is InChI=1S/C12H12ClN3O2/c13-10-4-3-9(17-7-8-1-2-8)5-11(10)18-12-6-14-16-15-12/h3-6,8H,1-2,7H2,(H,14,15,16). The van der Waals surface area contributed by atoms with Crippen LogP contribution in [0.25, 0.3) is 0 Å². The molecule has 6 heteroatoms. The Morgan fingerprint density at radius 3 is 3.00 bits per heavy atom. The molecule has 1 aromatic carbocycles. The molecule has 1 fully saturated rings. The largest absolute Gasteiger partial charge is 0.493 e. The number of hydrogen-bond donors (Lipinski definition) is 1. The number of ether oxygens (including phenoxy) is 2. The summed E-state index contributed by atoms with van der Waals surface area (Å²) in [6, 6.07) is 5.35. The van der Waals surface area contributed by atoms with Gasteiger partial charge in [-0.3, -0.25) is 0 Å². The number of nitrogens with one attached hydrogen (secondary N) is 1. The normalized spacial score (nSPS) is 14.5. The lowest BCUT2D eigenvalue weighted by atomic mass is 10.3. The summed E-state index contributed by atoms with van der Waals surface area (Å²) in [4.78, 5) is 0. The van der Waals surface area contributed by atoms with Gasteiger partial charge >= 0.3 is 0 Å². The van der Waals surface area contributed by atoms with Crippen LogP contribution in [0.3, 0.4) is 0 Å². The number of hydrogen-bond acceptors (Lipinski definition) is 4. The quantitative estimate of drug-likeness (QED) is 0.903. The summed E-state index contributed by atoms with van der Waals surface area (Å²) in [6.45, 7) is 0.755. The zero-order valence-electron chi connectivity index (χ0n) is 9.60. The van der Waals surface area contributed by atoms with Crippen molar-refractivity contribution in [1.29, 1.82) is 0 Å². The second-order valence-corrected chi connectivity index (χ2v) is 4.66. The van der Waals surface area contributed by atoms with E-state index >= 15 is 0 Å². The Kier molecular flexibility index (Phi) is 3.06. The van der Waals surface area contributed by atoms with Crippen LogP contribution in [0.5, 0.6) is 17.4 Å². The van der Waals surface area contributed by atoms with Crippen LogP contribution < -0.4 is 9.47 Å². The van der Waals surface area contributed by atoms with E-state index in [0.29, 0.717) is 22.6 Å². The highest BCUT2D eigenvalue weighted by Gasteiger charge is 2.22. The molecule has 5 nitrogen and oxygen atoms in total. The van der Waals surface area contributed by atoms with Gasteiger partial charge in [0, 0.05) is 6.07 Å². The molecule has 1 saturated carbocycles. The Balaban J connectivity index is 1.72. The summed E-state index contributed by atoms with van der Waals surface area (Å²) >= 11 is 6.05. The van der Waals surface area contributed by atoms with Crippen molar-refractivity contribution in [3.05, 3.63) is 29.4 Å². The molecular weight excluding hydrogens is 254 g/mol. The van der Waals surface area contributed by atoms with Crippen molar-refractivity contribution in [3.8, 4) is 17.4 Å². The summed E-state index contributed by atoms with van der Waals surface area (Å²) in [6.07, 6.45) is 4.00. The molecule has 0 radical (unpaired) electrons. The summed E-state index contributed by atoms with van der Waals surface area (Å²) < 4.78 is 11.2. The van der Waals surface area contributed by atoms with Crippen LogP contribution in [0, 0.1) is 5.92 Å². The van der Waals surface area contributed by atoms with E-state index in [-0.39, 0.29) is 0 Å². The molecule has 0 amide bonds. The van der Waals surface area contributed by atoms with Crippen LogP contribution in [0.2, 0.25) is 5.02 Å². The third kappa shape index (κ3) is 2.73. The fourth-order valence-corrected chi connectivity index (χ4v) is 1.66. The molecule has 2 aromatic rings. The van der Waals surface area contributed by atoms with Gasteiger partial charge in [0.05, 0.1) is 11.6 Å². The summed E-state index contributed by atoms with van der Waals surface area (Å²) in [5, 5.41) is 10.5. The van der Waals surface area contributed by atoms with Gasteiger partial charge in [-0.05, 0) is 30.9 Å². The molecule has 1 aromatic heterocycles. The van der Waals surface area contributed by atoms with Crippen molar-refractivity contribution in [2.45, 2.75) is 12.8 Å². The molecule has 1 N–H and O–H groups in total. The molecule has 1 heterocycles. The summed E-state index contributed by atoms with van der Waals surface area (Å²) in [5.41, 5.74) is 0. The first-order chi connectivity index (χ1) is 8.81. The van der Waals surface area contributed by atoms with Gasteiger partial charge in [-0.25, -0.2) is 0 Å². The van der Waals surface area contributed by atoms with Gasteiger partial charge in [-0.2, -0.15) is 10.3 Å². The van der Waals surface area contributed by atoms with Gasteiger partial charge in [0.25, 0.3) is 5.88 Å². The lowest BCUT2D eigenvalue weighted by molar-refractivity contribution is 0.298. The number of halogens is 1. The Hall–Kier alpha value is -1.75. The van der Waals surface area contributed by atoms with Crippen molar-refractivity contribution in [3.63, 3.8) is 0 Å². The molecule has 94 valence electrons. The van der Waals surface area contributed by atoms with E-state index in [1.165, 1.54) is 19.0 Å². The minimum Gasteiger partial charge on any atom is -0.493 e. The highest BCUT2D eigenvalue weighted by atomic mass is 35.5. The predicted molar refractivity (Wildman–Crippen MR) is 66.1 cm³/mol. The van der Waals surface area contributed by atoms with Crippen molar-refractivity contribution < 1.29 is 9.47 Å². The SMILES string of the molecule is Clc1ccc(OCC2CC2)cc1Oc1cn[nH]n1. The number of benzene rings is 1. The third-order valence-corrected chi connectivity index (χ3v) is 3.00. The second kappa shape index (κ2) is 4.86. The molecule has 0 spiro atoms. The first-order valence-electron chi connectivity index (χ1n) is 5.77. The van der Waals surface area contributed by atoms with E-state index in [0.717, 1.165) is 12.4 Å². The number of aromatic amines is 1. The van der Waals surface area contributed by atoms with Crippen molar-refractivity contribution >= 4 is 11.6 Å². The van der Waals surface area contributed by atoms with Crippen LogP contribution in [-0.4, -0.2) is 22.0 Å². The topological polar surface area (TPSA) is 60.0 Å². The van der Waals surface area contributed by atoms with E-state index in [9.17, 15) is 0 Å². The second-order valence-electron chi connectivity index (χ2n) is 4.26. The lowest BCUT2D eigenvalue weighted by Gasteiger charge is -2.08. The van der Waals surface area contributed by atoms with Crippen molar-refractivity contribution in [2.24, 2.45) is 5.92 Å². The van der Waals surface area contributed by atoms with Gasteiger partial charge in [-0.15, -0.1) is 5.10 Å². The minimum atomic E-state index is 0.372. The smallest absolute Gasteiger partial charge is 0.258 e. The molecule has 18 heavy (non-hydrogen) atoms. The maximum absolute atomic E-state index is 6.05. The molecule has 0 aliphatic heterocycles. The van der Waals surface area contributed by atoms with Crippen LogP contribution in [0.1, 0.15) is 12.8 Å².